The summed E-state index contributed by atoms with van der Waals surface area (Å²) in [6.45, 7) is -0.695. The lowest BCUT2D eigenvalue weighted by Gasteiger charge is -2.23. The van der Waals surface area contributed by atoms with Crippen molar-refractivity contribution in [3.63, 3.8) is 0 Å². The van der Waals surface area contributed by atoms with Crippen LogP contribution in [-0.2, 0) is 39.4 Å². The number of nitrogen functional groups attached to an aromatic ring is 1. The van der Waals surface area contributed by atoms with E-state index in [-0.39, 0.29) is 18.8 Å². The first-order valence-corrected chi connectivity index (χ1v) is 23.4. The predicted molar refractivity (Wildman–Crippen MR) is 228 cm³/mol. The monoisotopic (exact) mass is 1010 g/mol. The summed E-state index contributed by atoms with van der Waals surface area (Å²) in [6.07, 6.45) is 0. The van der Waals surface area contributed by atoms with E-state index in [0.29, 0.717) is 53.3 Å². The van der Waals surface area contributed by atoms with Crippen LogP contribution < -0.4 is 11.1 Å². The Hall–Kier alpha value is -5.96. The standard InChI is InChI=1S/C30H27FN8O20S5.CH4/c31-18-12-19(22(39(43)44)13-21(18)38(41)42)33-16-3-6-23(61(45,46)47)20(11-16)35-37-29-25(63(51,52)53)10-14-9-24(62(48,49)50)28(27(32)26(14)30(29)40)36-34-15-1-4-17(5-2-15)60-59-58-7-8-64(54,55,56)57;/h1-6,9-13,33,40,48-50H,7-8,32H2,(H,45,46,47)(H,51,52,53)(H3,54,55,56,57);1H4. The number of aromatic hydroxyl groups is 1. The Morgan fingerprint density at radius 3 is 1.92 bits per heavy atom. The van der Waals surface area contributed by atoms with Crippen LogP contribution in [0.3, 0.4) is 0 Å². The highest BCUT2D eigenvalue weighted by atomic mass is 32.3. The largest absolute Gasteiger partial charge is 0.505 e. The number of azo groups is 2. The molecule has 5 aromatic carbocycles. The van der Waals surface area contributed by atoms with Crippen molar-refractivity contribution >= 4 is 115 Å². The third-order valence-corrected chi connectivity index (χ3v) is 12.1. The third-order valence-electron chi connectivity index (χ3n) is 7.92. The van der Waals surface area contributed by atoms with Crippen LogP contribution in [0.25, 0.3) is 10.8 Å². The number of nitrogens with zero attached hydrogens (tertiary/aromatic N) is 6. The molecule has 65 heavy (non-hydrogen) atoms. The summed E-state index contributed by atoms with van der Waals surface area (Å²) in [5.41, 5.74) is -0.683. The summed E-state index contributed by atoms with van der Waals surface area (Å²) in [4.78, 5) is 22.1. The van der Waals surface area contributed by atoms with Gasteiger partial charge in [0, 0.05) is 16.6 Å². The summed E-state index contributed by atoms with van der Waals surface area (Å²) < 4.78 is 157. The van der Waals surface area contributed by atoms with Gasteiger partial charge in [0.2, 0.25) is 5.82 Å². The van der Waals surface area contributed by atoms with E-state index < -0.39 is 140 Å². The first-order chi connectivity index (χ1) is 29.4. The van der Waals surface area contributed by atoms with Gasteiger partial charge in [-0.15, -0.1) is 15.3 Å². The number of hydrogen-bond donors (Lipinski definition) is 11. The molecular formula is C31H31FN8O20S5. The van der Waals surface area contributed by atoms with Crippen molar-refractivity contribution in [2.45, 2.75) is 27.0 Å². The molecule has 12 N–H and O–H groups in total. The van der Waals surface area contributed by atoms with E-state index >= 15 is 0 Å². The second-order valence-electron chi connectivity index (χ2n) is 12.5. The van der Waals surface area contributed by atoms with Crippen LogP contribution in [0.5, 0.6) is 5.75 Å². The molecule has 5 aromatic rings. The molecule has 0 unspecified atom stereocenters. The molecule has 0 spiro atoms. The van der Waals surface area contributed by atoms with Crippen LogP contribution in [0.15, 0.2) is 107 Å². The van der Waals surface area contributed by atoms with Gasteiger partial charge >= 0.3 is 5.69 Å². The van der Waals surface area contributed by atoms with Gasteiger partial charge in [-0.25, -0.2) is 9.10 Å². The number of nitrogens with one attached hydrogen (secondary N) is 1. The minimum absolute atomic E-state index is 0. The third kappa shape index (κ3) is 12.9. The molecule has 0 fully saturated rings. The zero-order valence-corrected chi connectivity index (χ0v) is 35.0. The number of nitro groups is 2. The highest BCUT2D eigenvalue weighted by Crippen LogP contribution is 2.56. The maximum Gasteiger partial charge on any atom is 0.311 e. The highest BCUT2D eigenvalue weighted by molar-refractivity contribution is 8.19. The van der Waals surface area contributed by atoms with Crippen LogP contribution in [0, 0.1) is 26.0 Å². The SMILES string of the molecule is C.Nc1c(N=Nc2ccc(SOOCCS(=O)(O)(O)O)cc2)c(S(O)(O)O)cc2cc(S(=O)(=O)O)c(N=Nc3cc(Nc4cc(F)c([N+](=O)[O-])cc4[N+](=O)[O-])ccc3S(=O)(=O)O)c(O)c12. The van der Waals surface area contributed by atoms with E-state index in [4.69, 9.17) is 23.7 Å². The molecule has 0 aliphatic heterocycles. The minimum atomic E-state index is -5.81. The Balaban J connectivity index is 0.00000925. The van der Waals surface area contributed by atoms with Crippen molar-refractivity contribution in [1.29, 1.82) is 0 Å². The van der Waals surface area contributed by atoms with Crippen molar-refractivity contribution in [2.75, 3.05) is 23.4 Å². The molecule has 5 rings (SSSR count). The number of hydrogen-bond acceptors (Lipinski definition) is 22. The Morgan fingerprint density at radius 1 is 0.785 bits per heavy atom. The molecule has 28 nitrogen and oxygen atoms in total. The molecule has 0 amide bonds. The fraction of sp³-hybridized carbons (Fsp3) is 0.0968. The summed E-state index contributed by atoms with van der Waals surface area (Å²) in [7, 11) is -21.3. The molecule has 0 atom stereocenters. The van der Waals surface area contributed by atoms with Gasteiger partial charge in [0.25, 0.3) is 25.9 Å². The quantitative estimate of drug-likeness (QED) is 0.00607. The van der Waals surface area contributed by atoms with Gasteiger partial charge in [0.15, 0.2) is 15.7 Å². The number of phenolic OH excluding ortho intramolecular Hbond substituents is 1. The zero-order chi connectivity index (χ0) is 47.8. The Morgan fingerprint density at radius 2 is 1.37 bits per heavy atom. The topological polar surface area (TPSA) is 460 Å². The average Bonchev–Trinajstić information content (AvgIpc) is 3.15. The van der Waals surface area contributed by atoms with E-state index in [9.17, 15) is 73.5 Å². The number of nitro benzene ring substituents is 2. The number of nitrogens with two attached hydrogens (primary N) is 1. The zero-order valence-electron chi connectivity index (χ0n) is 31.0. The molecule has 0 aliphatic carbocycles. The lowest BCUT2D eigenvalue weighted by molar-refractivity contribution is -0.395. The second-order valence-corrected chi connectivity index (χ2v) is 19.9. The fourth-order valence-corrected chi connectivity index (χ4v) is 7.92. The summed E-state index contributed by atoms with van der Waals surface area (Å²) >= 11 is 0.568. The van der Waals surface area contributed by atoms with Crippen molar-refractivity contribution in [3.05, 3.63) is 92.8 Å². The molecule has 0 aromatic heterocycles. The van der Waals surface area contributed by atoms with Crippen LogP contribution >= 0.6 is 22.9 Å². The molecule has 0 aliphatic rings. The van der Waals surface area contributed by atoms with Gasteiger partial charge < -0.3 is 29.8 Å². The summed E-state index contributed by atoms with van der Waals surface area (Å²) in [5.74, 6) is -3.87. The van der Waals surface area contributed by atoms with E-state index in [1.54, 1.807) is 0 Å². The second kappa shape index (κ2) is 18.9. The first-order valence-electron chi connectivity index (χ1n) is 16.3. The Bertz CT molecular complexity index is 3080. The van der Waals surface area contributed by atoms with Crippen LogP contribution in [0.4, 0.5) is 55.6 Å². The van der Waals surface area contributed by atoms with Crippen molar-refractivity contribution < 1.29 is 86.0 Å². The molecule has 0 radical (unpaired) electrons. The number of benzene rings is 5. The molecular weight excluding hydrogens is 984 g/mol. The summed E-state index contributed by atoms with van der Waals surface area (Å²) in [5, 5.41) is 50.3. The number of halogens is 1. The van der Waals surface area contributed by atoms with Crippen LogP contribution in [0.2, 0.25) is 0 Å². The van der Waals surface area contributed by atoms with Gasteiger partial charge in [-0.2, -0.15) is 30.7 Å². The lowest BCUT2D eigenvalue weighted by Crippen LogP contribution is -2.36. The van der Waals surface area contributed by atoms with Gasteiger partial charge in [-0.3, -0.25) is 43.0 Å². The molecule has 0 saturated heterocycles. The molecule has 0 heterocycles. The smallest absolute Gasteiger partial charge is 0.311 e. The summed E-state index contributed by atoms with van der Waals surface area (Å²) in [6, 6.07) is 9.47. The van der Waals surface area contributed by atoms with Crippen molar-refractivity contribution in [3.8, 4) is 5.75 Å². The van der Waals surface area contributed by atoms with E-state index in [1.807, 2.05) is 0 Å². The molecule has 34 heteroatoms. The Kier molecular flexibility index (Phi) is 15.0. The number of anilines is 3. The first kappa shape index (κ1) is 51.7. The Labute approximate surface area is 369 Å². The number of phenols is 1. The van der Waals surface area contributed by atoms with Crippen molar-refractivity contribution in [1.82, 2.24) is 0 Å². The molecule has 352 valence electrons. The number of fused-ring (bicyclic) bond motifs is 1. The molecule has 0 bridgehead atoms. The maximum atomic E-state index is 14.5. The van der Waals surface area contributed by atoms with Gasteiger partial charge in [-0.05, 0) is 60.0 Å². The fourth-order valence-electron chi connectivity index (χ4n) is 5.16. The van der Waals surface area contributed by atoms with Gasteiger partial charge in [0.1, 0.15) is 43.4 Å². The van der Waals surface area contributed by atoms with E-state index in [0.717, 1.165) is 6.07 Å². The van der Waals surface area contributed by atoms with Gasteiger partial charge in [0.05, 0.1) is 62.0 Å². The van der Waals surface area contributed by atoms with Crippen LogP contribution in [-0.4, -0.2) is 84.8 Å². The van der Waals surface area contributed by atoms with Crippen molar-refractivity contribution in [2.24, 2.45) is 20.5 Å². The van der Waals surface area contributed by atoms with Crippen LogP contribution in [0.1, 0.15) is 7.43 Å². The maximum absolute atomic E-state index is 14.5. The average molecular weight is 1010 g/mol. The van der Waals surface area contributed by atoms with Gasteiger partial charge in [-0.1, -0.05) is 7.43 Å². The van der Waals surface area contributed by atoms with E-state index in [2.05, 4.69) is 30.7 Å². The molecule has 0 saturated carbocycles. The minimum Gasteiger partial charge on any atom is -0.505 e. The normalized spacial score (nSPS) is 13.4. The van der Waals surface area contributed by atoms with E-state index in [1.165, 1.54) is 24.3 Å². The predicted octanol–water partition coefficient (Wildman–Crippen LogP) is 8.56. The number of rotatable bonds is 17. The lowest BCUT2D eigenvalue weighted by atomic mass is 10.1. The highest BCUT2D eigenvalue weighted by Gasteiger charge is 2.31.